The molecule has 85 heavy (non-hydrogen) atoms. The quantitative estimate of drug-likeness (QED) is 0.0253. The lowest BCUT2D eigenvalue weighted by Crippen LogP contribution is -2.66. The van der Waals surface area contributed by atoms with Crippen LogP contribution in [-0.4, -0.2) is 193 Å². The van der Waals surface area contributed by atoms with Crippen LogP contribution in [-0.2, 0) is 33.2 Å². The molecule has 0 aromatic rings. The molecule has 19 heteroatoms. The fraction of sp³-hybridized carbons (Fsp3) is 0.985. The van der Waals surface area contributed by atoms with E-state index in [1.54, 1.807) is 0 Å². The van der Waals surface area contributed by atoms with Gasteiger partial charge in [-0.3, -0.25) is 4.79 Å². The Balaban J connectivity index is 1.32. The average molecular weight is 1220 g/mol. The van der Waals surface area contributed by atoms with Gasteiger partial charge in [-0.2, -0.15) is 0 Å². The summed E-state index contributed by atoms with van der Waals surface area (Å²) in [4.78, 5) is 13.3. The SMILES string of the molecule is CCCCCCCCCCCCCCCCCCCCCCCCCCCCCCCCCCC(O)C(COC1OC(CO)C(OC2OC(CO)C(OC3OC(CO)C(O)C(O)C3O)C(O)C2O)C(O)C1O)NC(=O)CCCCCCCCCC. The molecule has 1 amide bonds. The van der Waals surface area contributed by atoms with Gasteiger partial charge in [0.25, 0.3) is 0 Å². The molecule has 0 aliphatic carbocycles. The third-order valence-electron chi connectivity index (χ3n) is 17.9. The number of ether oxygens (including phenoxy) is 6. The van der Waals surface area contributed by atoms with E-state index in [-0.39, 0.29) is 18.9 Å². The predicted molar refractivity (Wildman–Crippen MR) is 328 cm³/mol. The fourth-order valence-electron chi connectivity index (χ4n) is 12.3. The van der Waals surface area contributed by atoms with Crippen molar-refractivity contribution in [2.75, 3.05) is 26.4 Å². The minimum Gasteiger partial charge on any atom is -0.394 e. The van der Waals surface area contributed by atoms with Crippen LogP contribution in [0.3, 0.4) is 0 Å². The van der Waals surface area contributed by atoms with Gasteiger partial charge in [0.05, 0.1) is 38.6 Å². The normalized spacial score (nSPS) is 28.9. The Labute approximate surface area is 513 Å². The number of hydrogen-bond acceptors (Lipinski definition) is 18. The second kappa shape index (κ2) is 49.5. The highest BCUT2D eigenvalue weighted by Crippen LogP contribution is 2.33. The van der Waals surface area contributed by atoms with Crippen LogP contribution < -0.4 is 5.32 Å². The molecule has 3 saturated heterocycles. The van der Waals surface area contributed by atoms with Gasteiger partial charge in [0.1, 0.15) is 73.2 Å². The van der Waals surface area contributed by atoms with E-state index < -0.39 is 124 Å². The summed E-state index contributed by atoms with van der Waals surface area (Å²) in [5.74, 6) is -0.244. The van der Waals surface area contributed by atoms with Crippen LogP contribution in [0.15, 0.2) is 0 Å². The molecule has 3 fully saturated rings. The van der Waals surface area contributed by atoms with E-state index in [9.17, 15) is 61.0 Å². The van der Waals surface area contributed by atoms with Gasteiger partial charge in [0, 0.05) is 6.42 Å². The maximum atomic E-state index is 13.3. The summed E-state index contributed by atoms with van der Waals surface area (Å²) in [6.07, 6.45) is 25.3. The Morgan fingerprint density at radius 2 is 0.671 bits per heavy atom. The summed E-state index contributed by atoms with van der Waals surface area (Å²) >= 11 is 0. The number of unbranched alkanes of at least 4 members (excludes halogenated alkanes) is 38. The Kier molecular flexibility index (Phi) is 45.4. The van der Waals surface area contributed by atoms with E-state index in [2.05, 4.69) is 19.2 Å². The first kappa shape index (κ1) is 78.0. The number of carbonyl (C=O) groups excluding carboxylic acids is 1. The van der Waals surface area contributed by atoms with E-state index in [1.165, 1.54) is 205 Å². The van der Waals surface area contributed by atoms with Gasteiger partial charge >= 0.3 is 0 Å². The molecule has 0 radical (unpaired) electrons. The van der Waals surface area contributed by atoms with E-state index in [0.717, 1.165) is 44.9 Å². The lowest BCUT2D eigenvalue weighted by Gasteiger charge is -2.48. The number of rotatable bonds is 54. The molecular formula is C66H127NO18. The third-order valence-corrected chi connectivity index (χ3v) is 17.9. The molecule has 0 aromatic carbocycles. The number of carbonyl (C=O) groups is 1. The Hall–Kier alpha value is -1.21. The molecule has 0 saturated carbocycles. The van der Waals surface area contributed by atoms with Crippen molar-refractivity contribution in [3.63, 3.8) is 0 Å². The summed E-state index contributed by atoms with van der Waals surface area (Å²) in [6, 6.07) is -0.879. The summed E-state index contributed by atoms with van der Waals surface area (Å²) < 4.78 is 34.3. The zero-order valence-corrected chi connectivity index (χ0v) is 53.1. The van der Waals surface area contributed by atoms with Crippen LogP contribution in [0.5, 0.6) is 0 Å². The van der Waals surface area contributed by atoms with Gasteiger partial charge in [0.2, 0.25) is 5.91 Å². The van der Waals surface area contributed by atoms with Crippen molar-refractivity contribution in [3.05, 3.63) is 0 Å². The van der Waals surface area contributed by atoms with Crippen molar-refractivity contribution >= 4 is 5.91 Å². The van der Waals surface area contributed by atoms with E-state index >= 15 is 0 Å². The number of hydrogen-bond donors (Lipinski definition) is 12. The summed E-state index contributed by atoms with van der Waals surface area (Å²) in [5.41, 5.74) is 0. The van der Waals surface area contributed by atoms with Crippen molar-refractivity contribution < 1.29 is 89.4 Å². The van der Waals surface area contributed by atoms with Gasteiger partial charge in [-0.25, -0.2) is 0 Å². The van der Waals surface area contributed by atoms with Gasteiger partial charge in [-0.05, 0) is 12.8 Å². The standard InChI is InChI=1S/C66H127NO18/c1-3-5-7-9-11-13-14-15-16-17-18-19-20-21-22-23-24-25-26-27-28-29-30-31-32-33-34-35-36-37-39-41-43-50(71)49(67-54(72)44-42-40-38-12-10-8-6-4-2)48-80-64-60(78)57(75)62(52(46-69)82-64)85-66-61(79)58(76)63(53(47-70)83-66)84-65-59(77)56(74)55(73)51(45-68)81-65/h49-53,55-66,68-71,73-79H,3-48H2,1-2H3,(H,67,72). The zero-order valence-electron chi connectivity index (χ0n) is 53.1. The molecule has 17 atom stereocenters. The van der Waals surface area contributed by atoms with E-state index in [0.29, 0.717) is 12.8 Å². The molecule has 0 bridgehead atoms. The minimum absolute atomic E-state index is 0.244. The largest absolute Gasteiger partial charge is 0.394 e. The molecular weight excluding hydrogens is 1090 g/mol. The predicted octanol–water partition coefficient (Wildman–Crippen LogP) is 8.72. The number of aliphatic hydroxyl groups excluding tert-OH is 11. The second-order valence-electron chi connectivity index (χ2n) is 25.4. The highest BCUT2D eigenvalue weighted by Gasteiger charge is 2.53. The molecule has 504 valence electrons. The molecule has 3 heterocycles. The van der Waals surface area contributed by atoms with Crippen molar-refractivity contribution in [2.45, 2.75) is 388 Å². The number of aliphatic hydroxyl groups is 11. The second-order valence-corrected chi connectivity index (χ2v) is 25.4. The Morgan fingerprint density at radius 1 is 0.376 bits per heavy atom. The lowest BCUT2D eigenvalue weighted by molar-refractivity contribution is -0.379. The Bertz CT molecular complexity index is 1550. The Morgan fingerprint density at radius 3 is 1.02 bits per heavy atom. The highest BCUT2D eigenvalue weighted by atomic mass is 16.8. The molecule has 3 aliphatic rings. The van der Waals surface area contributed by atoms with Crippen LogP contribution >= 0.6 is 0 Å². The average Bonchev–Trinajstić information content (AvgIpc) is 2.04. The summed E-state index contributed by atoms with van der Waals surface area (Å²) in [5, 5.41) is 120. The van der Waals surface area contributed by atoms with Crippen LogP contribution in [0.2, 0.25) is 0 Å². The van der Waals surface area contributed by atoms with E-state index in [1.807, 2.05) is 0 Å². The first-order valence-corrected chi connectivity index (χ1v) is 34.8. The van der Waals surface area contributed by atoms with Crippen molar-refractivity contribution in [1.82, 2.24) is 5.32 Å². The molecule has 12 N–H and O–H groups in total. The lowest BCUT2D eigenvalue weighted by atomic mass is 9.96. The molecule has 3 rings (SSSR count). The van der Waals surface area contributed by atoms with Gasteiger partial charge < -0.3 is 89.9 Å². The van der Waals surface area contributed by atoms with Gasteiger partial charge in [-0.15, -0.1) is 0 Å². The monoisotopic (exact) mass is 1220 g/mol. The van der Waals surface area contributed by atoms with Crippen LogP contribution in [0, 0.1) is 0 Å². The molecule has 17 unspecified atom stereocenters. The zero-order chi connectivity index (χ0) is 61.9. The van der Waals surface area contributed by atoms with Crippen molar-refractivity contribution in [3.8, 4) is 0 Å². The smallest absolute Gasteiger partial charge is 0.220 e. The summed E-state index contributed by atoms with van der Waals surface area (Å²) in [6.45, 7) is 1.78. The molecule has 0 aromatic heterocycles. The van der Waals surface area contributed by atoms with Gasteiger partial charge in [-0.1, -0.05) is 264 Å². The van der Waals surface area contributed by atoms with Crippen molar-refractivity contribution in [2.24, 2.45) is 0 Å². The first-order valence-electron chi connectivity index (χ1n) is 34.8. The number of nitrogens with one attached hydrogen (secondary N) is 1. The molecule has 0 spiro atoms. The van der Waals surface area contributed by atoms with Crippen LogP contribution in [0.4, 0.5) is 0 Å². The topological polar surface area (TPSA) is 307 Å². The highest BCUT2D eigenvalue weighted by molar-refractivity contribution is 5.76. The fourth-order valence-corrected chi connectivity index (χ4v) is 12.3. The van der Waals surface area contributed by atoms with E-state index in [4.69, 9.17) is 28.4 Å². The molecule has 3 aliphatic heterocycles. The minimum atomic E-state index is -1.97. The van der Waals surface area contributed by atoms with Crippen molar-refractivity contribution in [1.29, 1.82) is 0 Å². The summed E-state index contributed by atoms with van der Waals surface area (Å²) in [7, 11) is 0. The number of amides is 1. The third kappa shape index (κ3) is 32.1. The van der Waals surface area contributed by atoms with Gasteiger partial charge in [0.15, 0.2) is 18.9 Å². The maximum Gasteiger partial charge on any atom is 0.220 e. The maximum absolute atomic E-state index is 13.3. The first-order chi connectivity index (χ1) is 41.3. The molecule has 19 nitrogen and oxygen atoms in total. The van der Waals surface area contributed by atoms with Crippen LogP contribution in [0.25, 0.3) is 0 Å². The van der Waals surface area contributed by atoms with Crippen LogP contribution in [0.1, 0.15) is 284 Å².